The summed E-state index contributed by atoms with van der Waals surface area (Å²) < 4.78 is 1.94. The van der Waals surface area contributed by atoms with Gasteiger partial charge in [0.2, 0.25) is 0 Å². The SMILES string of the molecule is CCC(=Cc1cnn(CC)c1)CNC. The summed E-state index contributed by atoms with van der Waals surface area (Å²) in [5.74, 6) is 0. The fourth-order valence-electron chi connectivity index (χ4n) is 1.37. The second kappa shape index (κ2) is 5.60. The number of nitrogens with zero attached hydrogens (tertiary/aromatic N) is 2. The topological polar surface area (TPSA) is 29.9 Å². The first-order valence-electron chi connectivity index (χ1n) is 5.16. The van der Waals surface area contributed by atoms with E-state index in [-0.39, 0.29) is 0 Å². The summed E-state index contributed by atoms with van der Waals surface area (Å²) in [5.41, 5.74) is 2.60. The molecule has 0 bridgehead atoms. The third-order valence-electron chi connectivity index (χ3n) is 2.21. The van der Waals surface area contributed by atoms with Crippen molar-refractivity contribution >= 4 is 6.08 Å². The van der Waals surface area contributed by atoms with Crippen LogP contribution < -0.4 is 5.32 Å². The highest BCUT2D eigenvalue weighted by molar-refractivity contribution is 5.51. The third-order valence-corrected chi connectivity index (χ3v) is 2.21. The van der Waals surface area contributed by atoms with Gasteiger partial charge in [0, 0.05) is 24.8 Å². The minimum atomic E-state index is 0.932. The minimum absolute atomic E-state index is 0.932. The van der Waals surface area contributed by atoms with E-state index in [1.165, 1.54) is 11.1 Å². The monoisotopic (exact) mass is 193 g/mol. The maximum atomic E-state index is 4.23. The molecule has 78 valence electrons. The molecule has 0 aliphatic heterocycles. The van der Waals surface area contributed by atoms with Gasteiger partial charge in [-0.2, -0.15) is 5.10 Å². The number of aromatic nitrogens is 2. The highest BCUT2D eigenvalue weighted by Crippen LogP contribution is 2.08. The summed E-state index contributed by atoms with van der Waals surface area (Å²) in [4.78, 5) is 0. The van der Waals surface area contributed by atoms with Crippen LogP contribution in [0.15, 0.2) is 18.0 Å². The Labute approximate surface area is 85.8 Å². The van der Waals surface area contributed by atoms with Crippen LogP contribution in [0.5, 0.6) is 0 Å². The molecule has 0 saturated heterocycles. The second-order valence-corrected chi connectivity index (χ2v) is 3.32. The normalized spacial score (nSPS) is 12.1. The largest absolute Gasteiger partial charge is 0.316 e. The van der Waals surface area contributed by atoms with Crippen molar-refractivity contribution in [2.45, 2.75) is 26.8 Å². The lowest BCUT2D eigenvalue weighted by Crippen LogP contribution is -2.09. The summed E-state index contributed by atoms with van der Waals surface area (Å²) in [6.07, 6.45) is 7.27. The van der Waals surface area contributed by atoms with Crippen LogP contribution in [0.25, 0.3) is 6.08 Å². The fraction of sp³-hybridized carbons (Fsp3) is 0.545. The van der Waals surface area contributed by atoms with Gasteiger partial charge in [0.25, 0.3) is 0 Å². The average Bonchev–Trinajstić information content (AvgIpc) is 2.65. The lowest BCUT2D eigenvalue weighted by molar-refractivity contribution is 0.660. The highest BCUT2D eigenvalue weighted by atomic mass is 15.3. The molecule has 0 atom stereocenters. The first kappa shape index (κ1) is 11.0. The summed E-state index contributed by atoms with van der Waals surface area (Å²) >= 11 is 0. The molecule has 1 aromatic heterocycles. The summed E-state index contributed by atoms with van der Waals surface area (Å²) in [6, 6.07) is 0. The van der Waals surface area contributed by atoms with Gasteiger partial charge in [-0.05, 0) is 20.4 Å². The maximum absolute atomic E-state index is 4.23. The van der Waals surface area contributed by atoms with E-state index >= 15 is 0 Å². The van der Waals surface area contributed by atoms with E-state index in [1.807, 2.05) is 17.9 Å². The number of hydrogen-bond donors (Lipinski definition) is 1. The Hall–Kier alpha value is -1.09. The zero-order valence-electron chi connectivity index (χ0n) is 9.25. The quantitative estimate of drug-likeness (QED) is 0.774. The maximum Gasteiger partial charge on any atom is 0.0562 e. The van der Waals surface area contributed by atoms with Crippen LogP contribution >= 0.6 is 0 Å². The van der Waals surface area contributed by atoms with Crippen LogP contribution in [0.2, 0.25) is 0 Å². The molecule has 1 rings (SSSR count). The molecule has 3 nitrogen and oxygen atoms in total. The Kier molecular flexibility index (Phi) is 4.40. The molecule has 0 aliphatic carbocycles. The molecule has 14 heavy (non-hydrogen) atoms. The molecule has 1 aromatic rings. The Morgan fingerprint density at radius 2 is 2.36 bits per heavy atom. The zero-order chi connectivity index (χ0) is 10.4. The predicted octanol–water partition coefficient (Wildman–Crippen LogP) is 1.92. The average molecular weight is 193 g/mol. The van der Waals surface area contributed by atoms with Crippen LogP contribution in [0.4, 0.5) is 0 Å². The molecular weight excluding hydrogens is 174 g/mol. The van der Waals surface area contributed by atoms with Gasteiger partial charge in [0.1, 0.15) is 0 Å². The van der Waals surface area contributed by atoms with Crippen molar-refractivity contribution in [1.29, 1.82) is 0 Å². The van der Waals surface area contributed by atoms with Crippen molar-refractivity contribution < 1.29 is 0 Å². The molecule has 0 saturated carbocycles. The van der Waals surface area contributed by atoms with Gasteiger partial charge in [-0.15, -0.1) is 0 Å². The number of nitrogens with one attached hydrogen (secondary N) is 1. The van der Waals surface area contributed by atoms with Crippen LogP contribution in [-0.2, 0) is 6.54 Å². The number of hydrogen-bond acceptors (Lipinski definition) is 2. The molecule has 1 heterocycles. The standard InChI is InChI=1S/C11H19N3/c1-4-10(7-12-3)6-11-8-13-14(5-2)9-11/h6,8-9,12H,4-5,7H2,1-3H3. The van der Waals surface area contributed by atoms with Crippen molar-refractivity contribution in [2.24, 2.45) is 0 Å². The van der Waals surface area contributed by atoms with Gasteiger partial charge < -0.3 is 5.32 Å². The Morgan fingerprint density at radius 1 is 1.57 bits per heavy atom. The Bertz CT molecular complexity index is 299. The van der Waals surface area contributed by atoms with Crippen molar-refractivity contribution in [1.82, 2.24) is 15.1 Å². The molecule has 0 aromatic carbocycles. The van der Waals surface area contributed by atoms with Gasteiger partial charge in [0.05, 0.1) is 6.20 Å². The summed E-state index contributed by atoms with van der Waals surface area (Å²) in [5, 5.41) is 7.40. The second-order valence-electron chi connectivity index (χ2n) is 3.32. The van der Waals surface area contributed by atoms with Gasteiger partial charge in [-0.25, -0.2) is 0 Å². The van der Waals surface area contributed by atoms with Gasteiger partial charge in [-0.3, -0.25) is 4.68 Å². The van der Waals surface area contributed by atoms with Crippen LogP contribution in [-0.4, -0.2) is 23.4 Å². The van der Waals surface area contributed by atoms with E-state index in [0.29, 0.717) is 0 Å². The van der Waals surface area contributed by atoms with E-state index in [4.69, 9.17) is 0 Å². The highest BCUT2D eigenvalue weighted by Gasteiger charge is 1.96. The molecule has 3 heteroatoms. The third kappa shape index (κ3) is 3.00. The van der Waals surface area contributed by atoms with Crippen LogP contribution in [0, 0.1) is 0 Å². The predicted molar refractivity (Wildman–Crippen MR) is 60.1 cm³/mol. The van der Waals surface area contributed by atoms with Crippen molar-refractivity contribution in [3.05, 3.63) is 23.5 Å². The molecule has 0 spiro atoms. The summed E-state index contributed by atoms with van der Waals surface area (Å²) in [7, 11) is 1.97. The molecule has 0 fully saturated rings. The molecule has 0 radical (unpaired) electrons. The molecular formula is C11H19N3. The van der Waals surface area contributed by atoms with Crippen LogP contribution in [0.1, 0.15) is 25.8 Å². The van der Waals surface area contributed by atoms with Crippen molar-refractivity contribution in [3.63, 3.8) is 0 Å². The first-order chi connectivity index (χ1) is 6.80. The molecule has 0 unspecified atom stereocenters. The molecule has 0 aliphatic rings. The van der Waals surface area contributed by atoms with E-state index in [0.717, 1.165) is 19.5 Å². The smallest absolute Gasteiger partial charge is 0.0562 e. The van der Waals surface area contributed by atoms with Crippen molar-refractivity contribution in [2.75, 3.05) is 13.6 Å². The van der Waals surface area contributed by atoms with E-state index in [9.17, 15) is 0 Å². The van der Waals surface area contributed by atoms with Crippen molar-refractivity contribution in [3.8, 4) is 0 Å². The van der Waals surface area contributed by atoms with Crippen LogP contribution in [0.3, 0.4) is 0 Å². The van der Waals surface area contributed by atoms with Gasteiger partial charge in [-0.1, -0.05) is 18.6 Å². The Balaban J connectivity index is 2.72. The Morgan fingerprint density at radius 3 is 2.86 bits per heavy atom. The lowest BCUT2D eigenvalue weighted by atomic mass is 10.1. The fourth-order valence-corrected chi connectivity index (χ4v) is 1.37. The van der Waals surface area contributed by atoms with E-state index in [1.54, 1.807) is 0 Å². The first-order valence-corrected chi connectivity index (χ1v) is 5.16. The zero-order valence-corrected chi connectivity index (χ0v) is 9.25. The lowest BCUT2D eigenvalue weighted by Gasteiger charge is -2.01. The number of likely N-dealkylation sites (N-methyl/N-ethyl adjacent to an activating group) is 1. The summed E-state index contributed by atoms with van der Waals surface area (Å²) in [6.45, 7) is 6.15. The number of rotatable bonds is 5. The minimum Gasteiger partial charge on any atom is -0.316 e. The van der Waals surface area contributed by atoms with Gasteiger partial charge >= 0.3 is 0 Å². The van der Waals surface area contributed by atoms with E-state index in [2.05, 4.69) is 36.5 Å². The molecule has 1 N–H and O–H groups in total. The van der Waals surface area contributed by atoms with E-state index < -0.39 is 0 Å². The van der Waals surface area contributed by atoms with Gasteiger partial charge in [0.15, 0.2) is 0 Å². The molecule has 0 amide bonds. The number of aryl methyl sites for hydroxylation is 1.